The van der Waals surface area contributed by atoms with E-state index in [9.17, 15) is 0 Å². The minimum atomic E-state index is 1.11. The average Bonchev–Trinajstić information content (AvgIpc) is 3.11. The normalized spacial score (nSPS) is 11.2. The molecule has 8 rings (SSSR count). The Hall–Kier alpha value is -5.86. The fourth-order valence-electron chi connectivity index (χ4n) is 6.33. The average molecular weight is 577 g/mol. The van der Waals surface area contributed by atoms with Crippen LogP contribution in [0.5, 0.6) is 0 Å². The van der Waals surface area contributed by atoms with Crippen molar-refractivity contribution in [3.8, 4) is 11.1 Å². The molecular formula is C43H32N2. The molecule has 0 aromatic heterocycles. The largest absolute Gasteiger partial charge is 0.345 e. The van der Waals surface area contributed by atoms with Gasteiger partial charge in [0.25, 0.3) is 0 Å². The van der Waals surface area contributed by atoms with Crippen molar-refractivity contribution in [2.24, 2.45) is 0 Å². The Morgan fingerprint density at radius 3 is 1.53 bits per heavy atom. The molecule has 0 spiro atoms. The van der Waals surface area contributed by atoms with Crippen LogP contribution in [0.25, 0.3) is 43.4 Å². The summed E-state index contributed by atoms with van der Waals surface area (Å²) in [4.78, 5) is 4.61. The fraction of sp³-hybridized carbons (Fsp3) is 0.0233. The summed E-state index contributed by atoms with van der Waals surface area (Å²) in [5.74, 6) is 0. The molecule has 0 N–H and O–H groups in total. The van der Waals surface area contributed by atoms with E-state index in [1.165, 1.54) is 43.4 Å². The highest BCUT2D eigenvalue weighted by Gasteiger charge is 2.15. The van der Waals surface area contributed by atoms with E-state index < -0.39 is 0 Å². The van der Waals surface area contributed by atoms with Gasteiger partial charge in [-0.3, -0.25) is 0 Å². The lowest BCUT2D eigenvalue weighted by molar-refractivity contribution is 1.21. The predicted octanol–water partition coefficient (Wildman–Crippen LogP) is 12.1. The van der Waals surface area contributed by atoms with Gasteiger partial charge in [-0.1, -0.05) is 103 Å². The maximum absolute atomic E-state index is 2.35. The summed E-state index contributed by atoms with van der Waals surface area (Å²) in [6.07, 6.45) is 0. The number of benzene rings is 8. The number of hydrogen-bond acceptors (Lipinski definition) is 2. The molecule has 0 saturated carbocycles. The molecule has 8 aromatic rings. The van der Waals surface area contributed by atoms with E-state index in [1.54, 1.807) is 0 Å². The van der Waals surface area contributed by atoms with Crippen LogP contribution in [0.2, 0.25) is 0 Å². The Kier molecular flexibility index (Phi) is 6.73. The van der Waals surface area contributed by atoms with E-state index in [0.717, 1.165) is 28.4 Å². The van der Waals surface area contributed by atoms with E-state index in [2.05, 4.69) is 193 Å². The Morgan fingerprint density at radius 2 is 0.778 bits per heavy atom. The lowest BCUT2D eigenvalue weighted by Gasteiger charge is -2.27. The molecule has 0 amide bonds. The van der Waals surface area contributed by atoms with Crippen molar-refractivity contribution in [1.29, 1.82) is 0 Å². The highest BCUT2D eigenvalue weighted by atomic mass is 15.1. The van der Waals surface area contributed by atoms with Gasteiger partial charge < -0.3 is 9.80 Å². The third-order valence-electron chi connectivity index (χ3n) is 8.77. The monoisotopic (exact) mass is 576 g/mol. The molecule has 0 aliphatic heterocycles. The quantitative estimate of drug-likeness (QED) is 0.182. The lowest BCUT2D eigenvalue weighted by atomic mass is 10.0. The summed E-state index contributed by atoms with van der Waals surface area (Å²) in [6, 6.07) is 63.4. The minimum Gasteiger partial charge on any atom is -0.345 e. The van der Waals surface area contributed by atoms with Crippen molar-refractivity contribution >= 4 is 60.8 Å². The van der Waals surface area contributed by atoms with E-state index in [1.807, 2.05) is 0 Å². The summed E-state index contributed by atoms with van der Waals surface area (Å²) in [5, 5.41) is 7.49. The summed E-state index contributed by atoms with van der Waals surface area (Å²) in [6.45, 7) is 0. The second-order valence-corrected chi connectivity index (χ2v) is 11.6. The molecule has 0 aliphatic carbocycles. The summed E-state index contributed by atoms with van der Waals surface area (Å²) >= 11 is 0. The Bertz CT molecular complexity index is 2290. The number of fused-ring (bicyclic) bond motifs is 3. The standard InChI is InChI=1S/C43H32N2/c1-44(41-20-19-37-26-33-13-7-8-14-34(33)27-38(37)30-41)39-22-24-40(25-23-39)45(43-21-18-32-12-5-6-15-35(32)29-43)42-17-9-16-36(28-42)31-10-3-2-4-11-31/h2-30H,1H3. The number of hydrogen-bond donors (Lipinski definition) is 0. The maximum atomic E-state index is 2.35. The molecule has 0 heterocycles. The predicted molar refractivity (Wildman–Crippen MR) is 194 cm³/mol. The topological polar surface area (TPSA) is 6.48 Å². The Morgan fingerprint density at radius 1 is 0.289 bits per heavy atom. The molecule has 0 bridgehead atoms. The van der Waals surface area contributed by atoms with Gasteiger partial charge in [-0.15, -0.1) is 0 Å². The molecule has 8 aromatic carbocycles. The Labute approximate surface area is 264 Å². The van der Waals surface area contributed by atoms with Crippen LogP contribution in [0, 0.1) is 0 Å². The van der Waals surface area contributed by atoms with Gasteiger partial charge in [0.15, 0.2) is 0 Å². The van der Waals surface area contributed by atoms with Gasteiger partial charge >= 0.3 is 0 Å². The second kappa shape index (κ2) is 11.3. The van der Waals surface area contributed by atoms with Crippen molar-refractivity contribution in [2.45, 2.75) is 0 Å². The fourth-order valence-corrected chi connectivity index (χ4v) is 6.33. The van der Waals surface area contributed by atoms with Gasteiger partial charge in [0, 0.05) is 35.5 Å². The number of rotatable bonds is 6. The molecule has 214 valence electrons. The van der Waals surface area contributed by atoms with Gasteiger partial charge in [-0.05, 0) is 116 Å². The highest BCUT2D eigenvalue weighted by molar-refractivity contribution is 5.99. The number of anilines is 5. The van der Waals surface area contributed by atoms with Crippen molar-refractivity contribution < 1.29 is 0 Å². The van der Waals surface area contributed by atoms with Gasteiger partial charge in [-0.25, -0.2) is 0 Å². The first-order valence-electron chi connectivity index (χ1n) is 15.4. The molecule has 0 fully saturated rings. The van der Waals surface area contributed by atoms with E-state index in [0.29, 0.717) is 0 Å². The van der Waals surface area contributed by atoms with Crippen LogP contribution in [0.4, 0.5) is 28.4 Å². The van der Waals surface area contributed by atoms with Crippen LogP contribution in [0.15, 0.2) is 176 Å². The van der Waals surface area contributed by atoms with E-state index in [-0.39, 0.29) is 0 Å². The molecule has 0 radical (unpaired) electrons. The SMILES string of the molecule is CN(c1ccc(N(c2cccc(-c3ccccc3)c2)c2ccc3ccccc3c2)cc1)c1ccc2cc3ccccc3cc2c1. The molecule has 0 saturated heterocycles. The Balaban J connectivity index is 1.17. The van der Waals surface area contributed by atoms with Gasteiger partial charge in [0.2, 0.25) is 0 Å². The first kappa shape index (κ1) is 26.7. The van der Waals surface area contributed by atoms with Crippen molar-refractivity contribution in [3.05, 3.63) is 176 Å². The zero-order valence-electron chi connectivity index (χ0n) is 25.1. The third-order valence-corrected chi connectivity index (χ3v) is 8.77. The van der Waals surface area contributed by atoms with Gasteiger partial charge in [-0.2, -0.15) is 0 Å². The molecule has 0 unspecified atom stereocenters. The summed E-state index contributed by atoms with van der Waals surface area (Å²) in [5.41, 5.74) is 8.05. The number of nitrogens with zero attached hydrogens (tertiary/aromatic N) is 2. The summed E-state index contributed by atoms with van der Waals surface area (Å²) in [7, 11) is 2.14. The van der Waals surface area contributed by atoms with Crippen molar-refractivity contribution in [1.82, 2.24) is 0 Å². The molecule has 0 aliphatic rings. The van der Waals surface area contributed by atoms with Gasteiger partial charge in [0.05, 0.1) is 0 Å². The van der Waals surface area contributed by atoms with Crippen LogP contribution < -0.4 is 9.80 Å². The van der Waals surface area contributed by atoms with Crippen LogP contribution in [0.1, 0.15) is 0 Å². The maximum Gasteiger partial charge on any atom is 0.0468 e. The van der Waals surface area contributed by atoms with Crippen LogP contribution in [-0.4, -0.2) is 7.05 Å². The zero-order chi connectivity index (χ0) is 30.2. The molecule has 45 heavy (non-hydrogen) atoms. The molecular weight excluding hydrogens is 544 g/mol. The van der Waals surface area contributed by atoms with Crippen molar-refractivity contribution in [3.63, 3.8) is 0 Å². The van der Waals surface area contributed by atoms with Crippen LogP contribution >= 0.6 is 0 Å². The van der Waals surface area contributed by atoms with Crippen LogP contribution in [0.3, 0.4) is 0 Å². The smallest absolute Gasteiger partial charge is 0.0468 e. The highest BCUT2D eigenvalue weighted by Crippen LogP contribution is 2.39. The lowest BCUT2D eigenvalue weighted by Crippen LogP contribution is -2.12. The van der Waals surface area contributed by atoms with Crippen LogP contribution in [-0.2, 0) is 0 Å². The molecule has 2 nitrogen and oxygen atoms in total. The van der Waals surface area contributed by atoms with Gasteiger partial charge in [0.1, 0.15) is 0 Å². The second-order valence-electron chi connectivity index (χ2n) is 11.6. The molecule has 0 atom stereocenters. The van der Waals surface area contributed by atoms with Crippen molar-refractivity contribution in [2.75, 3.05) is 16.8 Å². The van der Waals surface area contributed by atoms with E-state index >= 15 is 0 Å². The van der Waals surface area contributed by atoms with E-state index in [4.69, 9.17) is 0 Å². The minimum absolute atomic E-state index is 1.11. The summed E-state index contributed by atoms with van der Waals surface area (Å²) < 4.78 is 0. The third kappa shape index (κ3) is 5.17. The zero-order valence-corrected chi connectivity index (χ0v) is 25.1. The first-order chi connectivity index (χ1) is 22.2. The molecule has 2 heteroatoms. The first-order valence-corrected chi connectivity index (χ1v) is 15.4.